The Morgan fingerprint density at radius 3 is 2.58 bits per heavy atom. The molecule has 1 heterocycles. The normalized spacial score (nSPS) is 10.8. The molecule has 1 amide bonds. The van der Waals surface area contributed by atoms with Gasteiger partial charge in [0, 0.05) is 16.8 Å². The van der Waals surface area contributed by atoms with Crippen molar-refractivity contribution in [1.82, 2.24) is 0 Å². The van der Waals surface area contributed by atoms with Gasteiger partial charge in [-0.3, -0.25) is 9.59 Å². The van der Waals surface area contributed by atoms with E-state index in [2.05, 4.69) is 5.32 Å². The van der Waals surface area contributed by atoms with Crippen molar-refractivity contribution in [2.45, 2.75) is 20.8 Å². The molecule has 0 unspecified atom stereocenters. The van der Waals surface area contributed by atoms with Crippen LogP contribution in [0.2, 0.25) is 5.02 Å². The summed E-state index contributed by atoms with van der Waals surface area (Å²) in [5.74, 6) is 0.780. The van der Waals surface area contributed by atoms with E-state index in [9.17, 15) is 9.59 Å². The van der Waals surface area contributed by atoms with Crippen LogP contribution in [-0.2, 0) is 4.79 Å². The second-order valence-corrected chi connectivity index (χ2v) is 8.19. The summed E-state index contributed by atoms with van der Waals surface area (Å²) in [5.41, 5.74) is 3.49. The Labute approximate surface area is 195 Å². The standard InChI is InChI=1S/C26H22ClNO5/c1-15-4-5-16(2)22(10-15)33-24-13-32-23-12-19(7-8-20(23)26(24)30)31-14-25(29)28-21-9-6-18(27)11-17(21)3/h4-13H,14H2,1-3H3,(H,28,29). The lowest BCUT2D eigenvalue weighted by molar-refractivity contribution is -0.118. The zero-order valence-corrected chi connectivity index (χ0v) is 19.2. The third kappa shape index (κ3) is 5.18. The van der Waals surface area contributed by atoms with Gasteiger partial charge in [-0.1, -0.05) is 23.7 Å². The van der Waals surface area contributed by atoms with Crippen LogP contribution >= 0.6 is 11.6 Å². The van der Waals surface area contributed by atoms with Gasteiger partial charge in [0.15, 0.2) is 6.61 Å². The molecule has 168 valence electrons. The van der Waals surface area contributed by atoms with E-state index in [0.717, 1.165) is 16.7 Å². The van der Waals surface area contributed by atoms with Gasteiger partial charge in [-0.2, -0.15) is 0 Å². The van der Waals surface area contributed by atoms with Gasteiger partial charge in [-0.05, 0) is 73.9 Å². The van der Waals surface area contributed by atoms with Gasteiger partial charge >= 0.3 is 0 Å². The highest BCUT2D eigenvalue weighted by Crippen LogP contribution is 2.27. The van der Waals surface area contributed by atoms with Crippen LogP contribution in [0.15, 0.2) is 70.1 Å². The van der Waals surface area contributed by atoms with Crippen molar-refractivity contribution in [3.63, 3.8) is 0 Å². The average Bonchev–Trinajstić information content (AvgIpc) is 2.78. The minimum absolute atomic E-state index is 0.0996. The molecule has 33 heavy (non-hydrogen) atoms. The maximum atomic E-state index is 12.9. The van der Waals surface area contributed by atoms with Gasteiger partial charge in [0.1, 0.15) is 23.3 Å². The van der Waals surface area contributed by atoms with Gasteiger partial charge in [0.2, 0.25) is 11.2 Å². The number of nitrogens with one attached hydrogen (secondary N) is 1. The van der Waals surface area contributed by atoms with Crippen LogP contribution in [0.5, 0.6) is 17.2 Å². The summed E-state index contributed by atoms with van der Waals surface area (Å²) in [4.78, 5) is 25.1. The predicted molar refractivity (Wildman–Crippen MR) is 129 cm³/mol. The molecule has 1 aromatic heterocycles. The van der Waals surface area contributed by atoms with Gasteiger partial charge in [-0.25, -0.2) is 0 Å². The molecule has 0 bridgehead atoms. The number of rotatable bonds is 6. The van der Waals surface area contributed by atoms with E-state index in [1.54, 1.807) is 36.4 Å². The first kappa shape index (κ1) is 22.4. The first-order valence-corrected chi connectivity index (χ1v) is 10.7. The van der Waals surface area contributed by atoms with Crippen molar-refractivity contribution in [3.8, 4) is 17.2 Å². The summed E-state index contributed by atoms with van der Waals surface area (Å²) in [6.07, 6.45) is 1.28. The highest BCUT2D eigenvalue weighted by molar-refractivity contribution is 6.30. The highest BCUT2D eigenvalue weighted by atomic mass is 35.5. The fraction of sp³-hybridized carbons (Fsp3) is 0.154. The minimum atomic E-state index is -0.320. The van der Waals surface area contributed by atoms with Crippen molar-refractivity contribution in [3.05, 3.63) is 92.8 Å². The van der Waals surface area contributed by atoms with Crippen molar-refractivity contribution >= 4 is 34.2 Å². The zero-order valence-electron chi connectivity index (χ0n) is 18.4. The SMILES string of the molecule is Cc1ccc(C)c(Oc2coc3cc(OCC(=O)Nc4ccc(Cl)cc4C)ccc3c2=O)c1. The summed E-state index contributed by atoms with van der Waals surface area (Å²) >= 11 is 5.94. The lowest BCUT2D eigenvalue weighted by Gasteiger charge is -2.11. The summed E-state index contributed by atoms with van der Waals surface area (Å²) < 4.78 is 17.0. The third-order valence-corrected chi connectivity index (χ3v) is 5.35. The zero-order chi connectivity index (χ0) is 23.5. The van der Waals surface area contributed by atoms with E-state index in [4.69, 9.17) is 25.5 Å². The van der Waals surface area contributed by atoms with Gasteiger partial charge in [0.05, 0.1) is 5.39 Å². The van der Waals surface area contributed by atoms with Crippen molar-refractivity contribution in [2.75, 3.05) is 11.9 Å². The number of ether oxygens (including phenoxy) is 2. The fourth-order valence-electron chi connectivity index (χ4n) is 3.29. The molecule has 0 aliphatic carbocycles. The van der Waals surface area contributed by atoms with Crippen LogP contribution in [-0.4, -0.2) is 12.5 Å². The smallest absolute Gasteiger partial charge is 0.262 e. The van der Waals surface area contributed by atoms with Crippen molar-refractivity contribution < 1.29 is 18.7 Å². The first-order chi connectivity index (χ1) is 15.8. The van der Waals surface area contributed by atoms with Gasteiger partial charge in [-0.15, -0.1) is 0 Å². The number of hydrogen-bond donors (Lipinski definition) is 1. The molecule has 0 fully saturated rings. The number of carbonyl (C=O) groups is 1. The average molecular weight is 464 g/mol. The summed E-state index contributed by atoms with van der Waals surface area (Å²) in [6.45, 7) is 5.51. The molecular weight excluding hydrogens is 442 g/mol. The predicted octanol–water partition coefficient (Wildman–Crippen LogP) is 6.18. The quantitative estimate of drug-likeness (QED) is 0.369. The second kappa shape index (κ2) is 9.38. The molecule has 0 spiro atoms. The molecule has 4 rings (SSSR count). The number of aryl methyl sites for hydroxylation is 3. The molecule has 0 saturated heterocycles. The summed E-state index contributed by atoms with van der Waals surface area (Å²) in [5, 5.41) is 3.73. The molecule has 0 radical (unpaired) electrons. The highest BCUT2D eigenvalue weighted by Gasteiger charge is 2.12. The van der Waals surface area contributed by atoms with Crippen LogP contribution < -0.4 is 20.2 Å². The van der Waals surface area contributed by atoms with Crippen LogP contribution in [0.4, 0.5) is 5.69 Å². The van der Waals surface area contributed by atoms with E-state index < -0.39 is 0 Å². The molecule has 0 atom stereocenters. The second-order valence-electron chi connectivity index (χ2n) is 7.75. The molecule has 7 heteroatoms. The van der Waals surface area contributed by atoms with Crippen LogP contribution in [0.1, 0.15) is 16.7 Å². The Hall–Kier alpha value is -3.77. The maximum Gasteiger partial charge on any atom is 0.262 e. The number of fused-ring (bicyclic) bond motifs is 1. The number of amides is 1. The molecule has 6 nitrogen and oxygen atoms in total. The van der Waals surface area contributed by atoms with Crippen molar-refractivity contribution in [2.24, 2.45) is 0 Å². The Balaban J connectivity index is 1.47. The Kier molecular flexibility index (Phi) is 6.38. The minimum Gasteiger partial charge on any atom is -0.484 e. The van der Waals surface area contributed by atoms with Crippen LogP contribution in [0.25, 0.3) is 11.0 Å². The summed E-state index contributed by atoms with van der Waals surface area (Å²) in [7, 11) is 0. The van der Waals surface area contributed by atoms with Crippen LogP contribution in [0, 0.1) is 20.8 Å². The lowest BCUT2D eigenvalue weighted by Crippen LogP contribution is -2.20. The van der Waals surface area contributed by atoms with Gasteiger partial charge < -0.3 is 19.2 Å². The van der Waals surface area contributed by atoms with Crippen molar-refractivity contribution in [1.29, 1.82) is 0 Å². The molecule has 0 aliphatic rings. The molecule has 0 aliphatic heterocycles. The number of halogens is 1. The molecule has 3 aromatic carbocycles. The van der Waals surface area contributed by atoms with E-state index in [0.29, 0.717) is 33.2 Å². The monoisotopic (exact) mass is 463 g/mol. The Morgan fingerprint density at radius 1 is 0.970 bits per heavy atom. The maximum absolute atomic E-state index is 12.9. The van der Waals surface area contributed by atoms with Gasteiger partial charge in [0.25, 0.3) is 5.91 Å². The first-order valence-electron chi connectivity index (χ1n) is 10.3. The summed E-state index contributed by atoms with van der Waals surface area (Å²) in [6, 6.07) is 15.8. The van der Waals surface area contributed by atoms with E-state index in [1.165, 1.54) is 6.26 Å². The number of carbonyl (C=O) groups excluding carboxylic acids is 1. The molecule has 1 N–H and O–H groups in total. The number of anilines is 1. The Bertz CT molecular complexity index is 1410. The van der Waals surface area contributed by atoms with E-state index in [1.807, 2.05) is 39.0 Å². The lowest BCUT2D eigenvalue weighted by atomic mass is 10.1. The fourth-order valence-corrected chi connectivity index (χ4v) is 3.52. The Morgan fingerprint density at radius 2 is 1.79 bits per heavy atom. The number of hydrogen-bond acceptors (Lipinski definition) is 5. The number of benzene rings is 3. The largest absolute Gasteiger partial charge is 0.484 e. The van der Waals surface area contributed by atoms with E-state index >= 15 is 0 Å². The third-order valence-electron chi connectivity index (χ3n) is 5.11. The molecule has 4 aromatic rings. The van der Waals surface area contributed by atoms with E-state index in [-0.39, 0.29) is 23.7 Å². The van der Waals surface area contributed by atoms with Crippen LogP contribution in [0.3, 0.4) is 0 Å². The molecular formula is C26H22ClNO5. The molecule has 0 saturated carbocycles. The topological polar surface area (TPSA) is 77.8 Å².